The SMILES string of the molecule is COC(F)CCc1cccc2c(C)c(C3CCCN(C(CC(C)NC(=O)OC(C)(C)C)c4ccc(Br)cc4)C3)[nH]c12. The Hall–Kier alpha value is -2.42. The number of hydrogen-bond acceptors (Lipinski definition) is 4. The number of aryl methyl sites for hydroxylation is 2. The van der Waals surface area contributed by atoms with Crippen LogP contribution < -0.4 is 5.32 Å². The highest BCUT2D eigenvalue weighted by atomic mass is 79.9. The molecule has 2 heterocycles. The van der Waals surface area contributed by atoms with E-state index in [-0.39, 0.29) is 18.2 Å². The number of nitrogens with zero attached hydrogens (tertiary/aromatic N) is 1. The molecule has 6 nitrogen and oxygen atoms in total. The Bertz CT molecular complexity index is 1300. The van der Waals surface area contributed by atoms with Crippen LogP contribution in [0.25, 0.3) is 10.9 Å². The molecule has 0 spiro atoms. The van der Waals surface area contributed by atoms with Gasteiger partial charge in [0.2, 0.25) is 0 Å². The zero-order chi connectivity index (χ0) is 29.7. The normalized spacial score (nSPS) is 18.7. The third-order valence-electron chi connectivity index (χ3n) is 8.01. The third-order valence-corrected chi connectivity index (χ3v) is 8.54. The maximum absolute atomic E-state index is 13.8. The monoisotopic (exact) mass is 629 g/mol. The largest absolute Gasteiger partial charge is 0.444 e. The minimum absolute atomic E-state index is 0.0670. The maximum atomic E-state index is 13.8. The summed E-state index contributed by atoms with van der Waals surface area (Å²) < 4.78 is 25.2. The fraction of sp³-hybridized carbons (Fsp3) is 0.545. The fourth-order valence-corrected chi connectivity index (χ4v) is 6.31. The van der Waals surface area contributed by atoms with Crippen LogP contribution in [-0.2, 0) is 15.9 Å². The smallest absolute Gasteiger partial charge is 0.407 e. The molecule has 2 aromatic carbocycles. The van der Waals surface area contributed by atoms with Crippen LogP contribution in [0.5, 0.6) is 0 Å². The molecule has 8 heteroatoms. The number of fused-ring (bicyclic) bond motifs is 1. The summed E-state index contributed by atoms with van der Waals surface area (Å²) in [6, 6.07) is 14.9. The van der Waals surface area contributed by atoms with Crippen molar-refractivity contribution in [3.63, 3.8) is 0 Å². The van der Waals surface area contributed by atoms with Gasteiger partial charge in [0.15, 0.2) is 6.36 Å². The predicted molar refractivity (Wildman–Crippen MR) is 167 cm³/mol. The number of nitrogens with one attached hydrogen (secondary N) is 2. The standard InChI is InChI=1S/C33H45BrFN3O3/c1-21(36-32(39)41-33(3,4)5)19-28(23-12-15-26(34)16-13-23)38-18-8-10-25(20-38)30-22(2)27-11-7-9-24(31(27)37-30)14-17-29(35)40-6/h7,9,11-13,15-16,21,25,28-29,37H,8,10,14,17-20H2,1-6H3,(H,36,39). The summed E-state index contributed by atoms with van der Waals surface area (Å²) in [7, 11) is 1.41. The molecule has 41 heavy (non-hydrogen) atoms. The highest BCUT2D eigenvalue weighted by Gasteiger charge is 2.31. The first-order valence-electron chi connectivity index (χ1n) is 14.7. The van der Waals surface area contributed by atoms with Crippen molar-refractivity contribution in [2.75, 3.05) is 20.2 Å². The van der Waals surface area contributed by atoms with E-state index in [1.807, 2.05) is 27.7 Å². The van der Waals surface area contributed by atoms with Crippen molar-refractivity contribution in [3.05, 3.63) is 69.3 Å². The summed E-state index contributed by atoms with van der Waals surface area (Å²) in [4.78, 5) is 18.9. The predicted octanol–water partition coefficient (Wildman–Crippen LogP) is 8.34. The summed E-state index contributed by atoms with van der Waals surface area (Å²) in [6.07, 6.45) is 2.29. The molecule has 224 valence electrons. The number of hydrogen-bond donors (Lipinski definition) is 2. The van der Waals surface area contributed by atoms with Crippen molar-refractivity contribution in [2.45, 2.75) is 96.7 Å². The quantitative estimate of drug-likeness (QED) is 0.236. The van der Waals surface area contributed by atoms with Gasteiger partial charge in [0, 0.05) is 59.1 Å². The van der Waals surface area contributed by atoms with Gasteiger partial charge in [-0.3, -0.25) is 4.90 Å². The third kappa shape index (κ3) is 8.33. The number of methoxy groups -OCH3 is 1. The van der Waals surface area contributed by atoms with Gasteiger partial charge in [-0.1, -0.05) is 46.3 Å². The number of para-hydroxylation sites is 1. The molecule has 0 bridgehead atoms. The van der Waals surface area contributed by atoms with Gasteiger partial charge >= 0.3 is 6.09 Å². The van der Waals surface area contributed by atoms with Crippen molar-refractivity contribution < 1.29 is 18.7 Å². The molecule has 1 aromatic heterocycles. The number of piperidine rings is 1. The summed E-state index contributed by atoms with van der Waals surface area (Å²) in [6.45, 7) is 11.8. The number of carbonyl (C=O) groups excluding carboxylic acids is 1. The molecule has 0 radical (unpaired) electrons. The van der Waals surface area contributed by atoms with Gasteiger partial charge in [0.25, 0.3) is 0 Å². The molecule has 4 rings (SSSR count). The molecule has 1 fully saturated rings. The van der Waals surface area contributed by atoms with Crippen LogP contribution in [0.15, 0.2) is 46.9 Å². The summed E-state index contributed by atoms with van der Waals surface area (Å²) in [5, 5.41) is 4.26. The van der Waals surface area contributed by atoms with Gasteiger partial charge in [-0.15, -0.1) is 0 Å². The lowest BCUT2D eigenvalue weighted by Gasteiger charge is -2.40. The van der Waals surface area contributed by atoms with Crippen LogP contribution in [0.4, 0.5) is 9.18 Å². The number of aromatic amines is 1. The lowest BCUT2D eigenvalue weighted by Crippen LogP contribution is -2.42. The Kier molecular flexibility index (Phi) is 10.5. The number of alkyl halides is 1. The van der Waals surface area contributed by atoms with Gasteiger partial charge in [0.05, 0.1) is 0 Å². The zero-order valence-electron chi connectivity index (χ0n) is 25.2. The van der Waals surface area contributed by atoms with Crippen molar-refractivity contribution >= 4 is 32.9 Å². The van der Waals surface area contributed by atoms with E-state index in [9.17, 15) is 9.18 Å². The molecule has 1 saturated heterocycles. The number of likely N-dealkylation sites (tertiary alicyclic amines) is 1. The van der Waals surface area contributed by atoms with E-state index in [1.165, 1.54) is 29.3 Å². The Morgan fingerprint density at radius 3 is 2.63 bits per heavy atom. The van der Waals surface area contributed by atoms with Gasteiger partial charge in [-0.25, -0.2) is 9.18 Å². The second-order valence-electron chi connectivity index (χ2n) is 12.4. The molecule has 0 saturated carbocycles. The Morgan fingerprint density at radius 1 is 1.22 bits per heavy atom. The van der Waals surface area contributed by atoms with Crippen molar-refractivity contribution in [3.8, 4) is 0 Å². The molecule has 1 amide bonds. The van der Waals surface area contributed by atoms with Crippen LogP contribution in [0.1, 0.15) is 87.7 Å². The molecular weight excluding hydrogens is 585 g/mol. The zero-order valence-corrected chi connectivity index (χ0v) is 26.8. The molecule has 4 unspecified atom stereocenters. The van der Waals surface area contributed by atoms with Crippen LogP contribution in [0.3, 0.4) is 0 Å². The van der Waals surface area contributed by atoms with Gasteiger partial charge in [0.1, 0.15) is 5.60 Å². The van der Waals surface area contributed by atoms with E-state index in [0.717, 1.165) is 47.9 Å². The average Bonchev–Trinajstić information content (AvgIpc) is 3.26. The molecular formula is C33H45BrFN3O3. The van der Waals surface area contributed by atoms with Crippen LogP contribution >= 0.6 is 15.9 Å². The lowest BCUT2D eigenvalue weighted by molar-refractivity contribution is -0.0101. The van der Waals surface area contributed by atoms with Crippen molar-refractivity contribution in [1.82, 2.24) is 15.2 Å². The second kappa shape index (κ2) is 13.7. The van der Waals surface area contributed by atoms with Gasteiger partial charge in [-0.2, -0.15) is 0 Å². The van der Waals surface area contributed by atoms with E-state index < -0.39 is 12.0 Å². The number of H-pyrrole nitrogens is 1. The van der Waals surface area contributed by atoms with Crippen LogP contribution in [-0.4, -0.2) is 54.2 Å². The average molecular weight is 631 g/mol. The number of aromatic nitrogens is 1. The van der Waals surface area contributed by atoms with Crippen molar-refractivity contribution in [2.24, 2.45) is 0 Å². The van der Waals surface area contributed by atoms with Gasteiger partial charge < -0.3 is 19.8 Å². The first-order valence-corrected chi connectivity index (χ1v) is 15.5. The van der Waals surface area contributed by atoms with E-state index in [1.54, 1.807) is 0 Å². The molecule has 2 N–H and O–H groups in total. The number of carbonyl (C=O) groups is 1. The van der Waals surface area contributed by atoms with Crippen molar-refractivity contribution in [1.29, 1.82) is 0 Å². The maximum Gasteiger partial charge on any atom is 0.407 e. The van der Waals surface area contributed by atoms with Crippen LogP contribution in [0, 0.1) is 6.92 Å². The Morgan fingerprint density at radius 2 is 1.95 bits per heavy atom. The first-order chi connectivity index (χ1) is 19.4. The number of amides is 1. The number of halogens is 2. The minimum atomic E-state index is -1.25. The van der Waals surface area contributed by atoms with E-state index in [2.05, 4.69) is 80.5 Å². The molecule has 0 aliphatic carbocycles. The molecule has 1 aliphatic rings. The van der Waals surface area contributed by atoms with Gasteiger partial charge in [-0.05, 0) is 95.7 Å². The number of benzene rings is 2. The highest BCUT2D eigenvalue weighted by molar-refractivity contribution is 9.10. The summed E-state index contributed by atoms with van der Waals surface area (Å²) in [5.74, 6) is 0.351. The van der Waals surface area contributed by atoms with E-state index >= 15 is 0 Å². The Balaban J connectivity index is 1.56. The summed E-state index contributed by atoms with van der Waals surface area (Å²) >= 11 is 3.58. The Labute approximate surface area is 252 Å². The summed E-state index contributed by atoms with van der Waals surface area (Å²) in [5.41, 5.74) is 5.48. The van der Waals surface area contributed by atoms with E-state index in [0.29, 0.717) is 18.8 Å². The lowest BCUT2D eigenvalue weighted by atomic mass is 9.89. The number of ether oxygens (including phenoxy) is 2. The highest BCUT2D eigenvalue weighted by Crippen LogP contribution is 2.38. The second-order valence-corrected chi connectivity index (χ2v) is 13.3. The fourth-order valence-electron chi connectivity index (χ4n) is 6.05. The molecule has 3 aromatic rings. The number of alkyl carbamates (subject to hydrolysis) is 1. The van der Waals surface area contributed by atoms with E-state index in [4.69, 9.17) is 9.47 Å². The first kappa shape index (κ1) is 31.5. The number of rotatable bonds is 10. The molecule has 4 atom stereocenters. The van der Waals surface area contributed by atoms with Crippen LogP contribution in [0.2, 0.25) is 0 Å². The topological polar surface area (TPSA) is 66.6 Å². The molecule has 1 aliphatic heterocycles. The minimum Gasteiger partial charge on any atom is -0.444 e.